The van der Waals surface area contributed by atoms with Crippen LogP contribution < -0.4 is 18.9 Å². The van der Waals surface area contributed by atoms with E-state index >= 15 is 0 Å². The Bertz CT molecular complexity index is 440. The fourth-order valence-electron chi connectivity index (χ4n) is 2.00. The third kappa shape index (κ3) is 3.77. The molecule has 2 aromatic rings. The fourth-order valence-corrected chi connectivity index (χ4v) is 2.00. The summed E-state index contributed by atoms with van der Waals surface area (Å²) in [4.78, 5) is 0. The van der Waals surface area contributed by atoms with Crippen LogP contribution >= 0.6 is 0 Å². The SMILES string of the molecule is CCCCc1ccccc1-c1ccccc1.[H-].[Li+]. The van der Waals surface area contributed by atoms with Crippen molar-refractivity contribution >= 4 is 0 Å². The minimum atomic E-state index is 0. The van der Waals surface area contributed by atoms with Crippen molar-refractivity contribution in [3.05, 3.63) is 60.2 Å². The molecule has 0 N–H and O–H groups in total. The quantitative estimate of drug-likeness (QED) is 0.687. The van der Waals surface area contributed by atoms with Crippen LogP contribution in [0.2, 0.25) is 0 Å². The van der Waals surface area contributed by atoms with Crippen molar-refractivity contribution < 1.29 is 20.3 Å². The monoisotopic (exact) mass is 218 g/mol. The Balaban J connectivity index is 0.00000144. The molecule has 0 atom stereocenters. The van der Waals surface area contributed by atoms with E-state index in [1.54, 1.807) is 0 Å². The first-order chi connectivity index (χ1) is 7.92. The average Bonchev–Trinajstić information content (AvgIpc) is 2.38. The Labute approximate surface area is 118 Å². The molecular weight excluding hydrogens is 199 g/mol. The molecule has 0 aliphatic heterocycles. The molecule has 0 nitrogen and oxygen atoms in total. The maximum atomic E-state index is 2.25. The molecular formula is C16H19Li. The van der Waals surface area contributed by atoms with Gasteiger partial charge >= 0.3 is 18.9 Å². The van der Waals surface area contributed by atoms with E-state index in [2.05, 4.69) is 61.5 Å². The summed E-state index contributed by atoms with van der Waals surface area (Å²) in [5.41, 5.74) is 4.18. The second kappa shape index (κ2) is 7.38. The van der Waals surface area contributed by atoms with Crippen molar-refractivity contribution in [2.75, 3.05) is 0 Å². The van der Waals surface area contributed by atoms with Gasteiger partial charge in [-0.1, -0.05) is 67.9 Å². The van der Waals surface area contributed by atoms with Crippen molar-refractivity contribution in [2.24, 2.45) is 0 Å². The maximum Gasteiger partial charge on any atom is 1.00 e. The van der Waals surface area contributed by atoms with E-state index in [9.17, 15) is 0 Å². The number of hydrogen-bond acceptors (Lipinski definition) is 0. The number of unbranched alkanes of at least 4 members (excludes halogenated alkanes) is 1. The summed E-state index contributed by atoms with van der Waals surface area (Å²) in [6.07, 6.45) is 3.70. The normalized spacial score (nSPS) is 9.71. The molecule has 0 amide bonds. The van der Waals surface area contributed by atoms with Gasteiger partial charge < -0.3 is 1.43 Å². The zero-order chi connectivity index (χ0) is 11.2. The standard InChI is InChI=1S/C16H18.Li.H/c1-2-3-9-14-12-7-8-13-16(14)15-10-5-4-6-11-15;;/h4-8,10-13H,2-3,9H2,1H3;;/q;+1;-1. The molecule has 0 aromatic heterocycles. The van der Waals surface area contributed by atoms with E-state index in [-0.39, 0.29) is 20.3 Å². The van der Waals surface area contributed by atoms with Gasteiger partial charge in [-0.05, 0) is 29.5 Å². The van der Waals surface area contributed by atoms with Crippen LogP contribution in [0.5, 0.6) is 0 Å². The van der Waals surface area contributed by atoms with Crippen molar-refractivity contribution in [3.63, 3.8) is 0 Å². The van der Waals surface area contributed by atoms with E-state index in [0.29, 0.717) is 0 Å². The first kappa shape index (κ1) is 14.1. The second-order valence-corrected chi connectivity index (χ2v) is 4.13. The smallest absolute Gasteiger partial charge is 1.00 e. The zero-order valence-electron chi connectivity index (χ0n) is 11.8. The van der Waals surface area contributed by atoms with Crippen LogP contribution in [0, 0.1) is 0 Å². The summed E-state index contributed by atoms with van der Waals surface area (Å²) >= 11 is 0. The Kier molecular flexibility index (Phi) is 6.12. The molecule has 0 heterocycles. The van der Waals surface area contributed by atoms with Crippen molar-refractivity contribution in [2.45, 2.75) is 26.2 Å². The van der Waals surface area contributed by atoms with Crippen molar-refractivity contribution in [1.29, 1.82) is 0 Å². The van der Waals surface area contributed by atoms with Gasteiger partial charge in [-0.15, -0.1) is 0 Å². The van der Waals surface area contributed by atoms with E-state index in [1.807, 2.05) is 0 Å². The summed E-state index contributed by atoms with van der Waals surface area (Å²) in [5, 5.41) is 0. The molecule has 84 valence electrons. The third-order valence-corrected chi connectivity index (χ3v) is 2.90. The molecule has 0 radical (unpaired) electrons. The van der Waals surface area contributed by atoms with Crippen LogP contribution in [0.4, 0.5) is 0 Å². The fraction of sp³-hybridized carbons (Fsp3) is 0.250. The molecule has 0 spiro atoms. The summed E-state index contributed by atoms with van der Waals surface area (Å²) in [6, 6.07) is 19.4. The van der Waals surface area contributed by atoms with Crippen LogP contribution in [0.25, 0.3) is 11.1 Å². The maximum absolute atomic E-state index is 2.25. The third-order valence-electron chi connectivity index (χ3n) is 2.90. The molecule has 0 saturated carbocycles. The van der Waals surface area contributed by atoms with Gasteiger partial charge in [0.2, 0.25) is 0 Å². The van der Waals surface area contributed by atoms with Crippen LogP contribution in [0.1, 0.15) is 26.8 Å². The topological polar surface area (TPSA) is 0 Å². The molecule has 0 bridgehead atoms. The second-order valence-electron chi connectivity index (χ2n) is 4.13. The number of hydrogen-bond donors (Lipinski definition) is 0. The van der Waals surface area contributed by atoms with Crippen LogP contribution in [0.15, 0.2) is 54.6 Å². The van der Waals surface area contributed by atoms with E-state index < -0.39 is 0 Å². The van der Waals surface area contributed by atoms with Crippen LogP contribution in [0.3, 0.4) is 0 Å². The molecule has 1 heteroatoms. The number of aryl methyl sites for hydroxylation is 1. The first-order valence-electron chi connectivity index (χ1n) is 6.05. The summed E-state index contributed by atoms with van der Waals surface area (Å²) in [5.74, 6) is 0. The van der Waals surface area contributed by atoms with E-state index in [4.69, 9.17) is 0 Å². The van der Waals surface area contributed by atoms with Crippen LogP contribution in [-0.4, -0.2) is 0 Å². The predicted octanol–water partition coefficient (Wildman–Crippen LogP) is 1.81. The van der Waals surface area contributed by atoms with E-state index in [1.165, 1.54) is 36.0 Å². The molecule has 2 aromatic carbocycles. The van der Waals surface area contributed by atoms with Gasteiger partial charge in [-0.2, -0.15) is 0 Å². The molecule has 0 saturated heterocycles. The molecule has 0 aliphatic rings. The Morgan fingerprint density at radius 1 is 0.882 bits per heavy atom. The van der Waals surface area contributed by atoms with Crippen molar-refractivity contribution in [3.8, 4) is 11.1 Å². The zero-order valence-corrected chi connectivity index (χ0v) is 10.8. The molecule has 0 fully saturated rings. The Hall–Kier alpha value is -0.963. The van der Waals surface area contributed by atoms with Crippen LogP contribution in [-0.2, 0) is 6.42 Å². The predicted molar refractivity (Wildman–Crippen MR) is 71.6 cm³/mol. The number of benzene rings is 2. The minimum absolute atomic E-state index is 0. The van der Waals surface area contributed by atoms with Gasteiger partial charge in [0.05, 0.1) is 0 Å². The minimum Gasteiger partial charge on any atom is -1.00 e. The van der Waals surface area contributed by atoms with Crippen molar-refractivity contribution in [1.82, 2.24) is 0 Å². The van der Waals surface area contributed by atoms with E-state index in [0.717, 1.165) is 0 Å². The van der Waals surface area contributed by atoms with Gasteiger partial charge in [0.15, 0.2) is 0 Å². The van der Waals surface area contributed by atoms with Gasteiger partial charge in [0, 0.05) is 0 Å². The molecule has 2 rings (SSSR count). The summed E-state index contributed by atoms with van der Waals surface area (Å²) < 4.78 is 0. The average molecular weight is 218 g/mol. The largest absolute Gasteiger partial charge is 1.00 e. The van der Waals surface area contributed by atoms with Gasteiger partial charge in [-0.3, -0.25) is 0 Å². The first-order valence-corrected chi connectivity index (χ1v) is 6.05. The van der Waals surface area contributed by atoms with Gasteiger partial charge in [-0.25, -0.2) is 0 Å². The summed E-state index contributed by atoms with van der Waals surface area (Å²) in [7, 11) is 0. The molecule has 0 aliphatic carbocycles. The Morgan fingerprint density at radius 2 is 1.53 bits per heavy atom. The molecule has 0 unspecified atom stereocenters. The Morgan fingerprint density at radius 3 is 2.24 bits per heavy atom. The summed E-state index contributed by atoms with van der Waals surface area (Å²) in [6.45, 7) is 2.24. The van der Waals surface area contributed by atoms with Gasteiger partial charge in [0.1, 0.15) is 0 Å². The molecule has 17 heavy (non-hydrogen) atoms. The number of rotatable bonds is 4. The van der Waals surface area contributed by atoms with Gasteiger partial charge in [0.25, 0.3) is 0 Å².